The van der Waals surface area contributed by atoms with E-state index < -0.39 is 0 Å². The minimum Gasteiger partial charge on any atom is -0.370 e. The highest BCUT2D eigenvalue weighted by Crippen LogP contribution is 2.21. The maximum atomic E-state index is 5.94. The fraction of sp³-hybridized carbons (Fsp3) is 0.800. The summed E-state index contributed by atoms with van der Waals surface area (Å²) in [6.45, 7) is 7.29. The Morgan fingerprint density at radius 2 is 2.04 bits per heavy atom. The summed E-state index contributed by atoms with van der Waals surface area (Å²) >= 11 is 0. The first-order valence-electron chi connectivity index (χ1n) is 10.5. The van der Waals surface area contributed by atoms with Crippen molar-refractivity contribution in [1.29, 1.82) is 0 Å². The van der Waals surface area contributed by atoms with Gasteiger partial charge in [-0.25, -0.2) is 0 Å². The number of halogens is 1. The van der Waals surface area contributed by atoms with E-state index in [0.29, 0.717) is 0 Å². The van der Waals surface area contributed by atoms with Crippen LogP contribution < -0.4 is 5.32 Å². The van der Waals surface area contributed by atoms with Gasteiger partial charge < -0.3 is 19.9 Å². The van der Waals surface area contributed by atoms with Gasteiger partial charge in [-0.15, -0.1) is 24.0 Å². The number of unbranched alkanes of at least 4 members (excludes halogenated alkanes) is 2. The molecule has 2 aliphatic rings. The molecule has 28 heavy (non-hydrogen) atoms. The van der Waals surface area contributed by atoms with E-state index in [-0.39, 0.29) is 30.1 Å². The Kier molecular flexibility index (Phi) is 10.6. The Labute approximate surface area is 186 Å². The zero-order valence-electron chi connectivity index (χ0n) is 17.5. The first kappa shape index (κ1) is 23.4. The van der Waals surface area contributed by atoms with Crippen LogP contribution in [0.2, 0.25) is 0 Å². The summed E-state index contributed by atoms with van der Waals surface area (Å²) in [4.78, 5) is 9.41. The number of guanidine groups is 1. The standard InChI is InChI=1S/C20H36N6O.HI/c1-21-20(22-9-5-3-6-10-25-11-7-4-8-12-25)26-13-14-27-19(17-26)18-15-23-24(2)16-18;/h15-16,19H,3-14,17H2,1-2H3,(H,21,22);1H. The van der Waals surface area contributed by atoms with E-state index in [9.17, 15) is 0 Å². The van der Waals surface area contributed by atoms with Gasteiger partial charge in [-0.1, -0.05) is 12.8 Å². The van der Waals surface area contributed by atoms with Crippen molar-refractivity contribution in [2.75, 3.05) is 52.9 Å². The van der Waals surface area contributed by atoms with E-state index in [0.717, 1.165) is 37.8 Å². The summed E-state index contributed by atoms with van der Waals surface area (Å²) in [6, 6.07) is 0. The van der Waals surface area contributed by atoms with Gasteiger partial charge in [-0.3, -0.25) is 9.67 Å². The molecular weight excluding hydrogens is 467 g/mol. The maximum absolute atomic E-state index is 5.94. The molecule has 1 atom stereocenters. The largest absolute Gasteiger partial charge is 0.370 e. The molecule has 0 aliphatic carbocycles. The van der Waals surface area contributed by atoms with Crippen molar-refractivity contribution in [1.82, 2.24) is 24.9 Å². The molecule has 1 aromatic heterocycles. The lowest BCUT2D eigenvalue weighted by Gasteiger charge is -2.34. The second-order valence-electron chi connectivity index (χ2n) is 7.69. The lowest BCUT2D eigenvalue weighted by molar-refractivity contribution is -0.00802. The molecule has 2 aliphatic heterocycles. The molecule has 160 valence electrons. The van der Waals surface area contributed by atoms with Gasteiger partial charge in [0.15, 0.2) is 5.96 Å². The summed E-state index contributed by atoms with van der Waals surface area (Å²) in [5.41, 5.74) is 1.13. The number of aryl methyl sites for hydroxylation is 1. The van der Waals surface area contributed by atoms with Crippen molar-refractivity contribution in [3.8, 4) is 0 Å². The summed E-state index contributed by atoms with van der Waals surface area (Å²) in [5.74, 6) is 0.989. The molecule has 2 fully saturated rings. The van der Waals surface area contributed by atoms with Gasteiger partial charge in [-0.05, 0) is 45.3 Å². The Bertz CT molecular complexity index is 587. The van der Waals surface area contributed by atoms with Crippen LogP contribution in [0.25, 0.3) is 0 Å². The van der Waals surface area contributed by atoms with Gasteiger partial charge >= 0.3 is 0 Å². The molecule has 0 amide bonds. The van der Waals surface area contributed by atoms with Crippen LogP contribution in [0.1, 0.15) is 50.2 Å². The number of hydrogen-bond acceptors (Lipinski definition) is 4. The third-order valence-electron chi connectivity index (χ3n) is 5.56. The fourth-order valence-corrected chi connectivity index (χ4v) is 4.00. The Balaban J connectivity index is 0.00000280. The number of rotatable bonds is 7. The molecule has 1 N–H and O–H groups in total. The third kappa shape index (κ3) is 7.18. The number of piperidine rings is 1. The second kappa shape index (κ2) is 12.6. The van der Waals surface area contributed by atoms with Crippen molar-refractivity contribution < 1.29 is 4.74 Å². The van der Waals surface area contributed by atoms with Crippen LogP contribution >= 0.6 is 24.0 Å². The van der Waals surface area contributed by atoms with Crippen molar-refractivity contribution in [2.24, 2.45) is 12.0 Å². The highest BCUT2D eigenvalue weighted by molar-refractivity contribution is 14.0. The molecule has 0 aromatic carbocycles. The smallest absolute Gasteiger partial charge is 0.193 e. The number of hydrogen-bond donors (Lipinski definition) is 1. The predicted molar refractivity (Wildman–Crippen MR) is 124 cm³/mol. The topological polar surface area (TPSA) is 57.9 Å². The van der Waals surface area contributed by atoms with Gasteiger partial charge in [0.2, 0.25) is 0 Å². The molecular formula is C20H37IN6O. The van der Waals surface area contributed by atoms with E-state index >= 15 is 0 Å². The maximum Gasteiger partial charge on any atom is 0.193 e. The Morgan fingerprint density at radius 1 is 1.21 bits per heavy atom. The summed E-state index contributed by atoms with van der Waals surface area (Å²) in [7, 11) is 3.81. The Morgan fingerprint density at radius 3 is 2.75 bits per heavy atom. The van der Waals surface area contributed by atoms with E-state index in [1.165, 1.54) is 58.2 Å². The van der Waals surface area contributed by atoms with Crippen LogP contribution in [0.5, 0.6) is 0 Å². The molecule has 1 aromatic rings. The summed E-state index contributed by atoms with van der Waals surface area (Å²) in [5, 5.41) is 7.80. The number of aromatic nitrogens is 2. The number of aliphatic imine (C=N–C) groups is 1. The molecule has 1 unspecified atom stereocenters. The number of nitrogens with zero attached hydrogens (tertiary/aromatic N) is 5. The average Bonchev–Trinajstić information content (AvgIpc) is 3.15. The average molecular weight is 504 g/mol. The van der Waals surface area contributed by atoms with Gasteiger partial charge in [0, 0.05) is 38.9 Å². The molecule has 0 spiro atoms. The van der Waals surface area contributed by atoms with Crippen molar-refractivity contribution in [3.63, 3.8) is 0 Å². The Hall–Kier alpha value is -0.870. The first-order chi connectivity index (χ1) is 13.3. The van der Waals surface area contributed by atoms with E-state index in [2.05, 4.69) is 25.2 Å². The van der Waals surface area contributed by atoms with Crippen molar-refractivity contribution in [2.45, 2.75) is 44.6 Å². The highest BCUT2D eigenvalue weighted by Gasteiger charge is 2.25. The zero-order chi connectivity index (χ0) is 18.9. The molecule has 0 bridgehead atoms. The van der Waals surface area contributed by atoms with E-state index in [4.69, 9.17) is 4.74 Å². The lowest BCUT2D eigenvalue weighted by Crippen LogP contribution is -2.48. The molecule has 8 heteroatoms. The minimum absolute atomic E-state index is 0. The summed E-state index contributed by atoms with van der Waals surface area (Å²) < 4.78 is 7.76. The normalized spacial score (nSPS) is 21.4. The summed E-state index contributed by atoms with van der Waals surface area (Å²) in [6.07, 6.45) is 12.0. The molecule has 3 heterocycles. The van der Waals surface area contributed by atoms with E-state index in [1.807, 2.05) is 31.2 Å². The monoisotopic (exact) mass is 504 g/mol. The number of morpholine rings is 1. The second-order valence-corrected chi connectivity index (χ2v) is 7.69. The van der Waals surface area contributed by atoms with Crippen LogP contribution in [-0.2, 0) is 11.8 Å². The SMILES string of the molecule is CN=C(NCCCCCN1CCCCC1)N1CCOC(c2cnn(C)c2)C1.I. The fourth-order valence-electron chi connectivity index (χ4n) is 4.00. The van der Waals surface area contributed by atoms with Gasteiger partial charge in [0.05, 0.1) is 19.3 Å². The number of ether oxygens (including phenoxy) is 1. The molecule has 0 radical (unpaired) electrons. The lowest BCUT2D eigenvalue weighted by atomic mass is 10.1. The van der Waals surface area contributed by atoms with Gasteiger partial charge in [0.1, 0.15) is 6.10 Å². The van der Waals surface area contributed by atoms with Crippen LogP contribution in [0.3, 0.4) is 0 Å². The first-order valence-corrected chi connectivity index (χ1v) is 10.5. The van der Waals surface area contributed by atoms with Crippen molar-refractivity contribution >= 4 is 29.9 Å². The minimum atomic E-state index is 0. The van der Waals surface area contributed by atoms with Crippen LogP contribution in [-0.4, -0.2) is 78.5 Å². The van der Waals surface area contributed by atoms with Gasteiger partial charge in [-0.2, -0.15) is 5.10 Å². The molecule has 0 saturated carbocycles. The van der Waals surface area contributed by atoms with Crippen molar-refractivity contribution in [3.05, 3.63) is 18.0 Å². The number of nitrogens with one attached hydrogen (secondary N) is 1. The van der Waals surface area contributed by atoms with Gasteiger partial charge in [0.25, 0.3) is 0 Å². The van der Waals surface area contributed by atoms with Crippen LogP contribution in [0.15, 0.2) is 17.4 Å². The number of likely N-dealkylation sites (tertiary alicyclic amines) is 1. The van der Waals surface area contributed by atoms with Crippen LogP contribution in [0, 0.1) is 0 Å². The highest BCUT2D eigenvalue weighted by atomic mass is 127. The molecule has 7 nitrogen and oxygen atoms in total. The molecule has 3 rings (SSSR count). The van der Waals surface area contributed by atoms with Crippen LogP contribution in [0.4, 0.5) is 0 Å². The predicted octanol–water partition coefficient (Wildman–Crippen LogP) is 2.64. The van der Waals surface area contributed by atoms with E-state index in [1.54, 1.807) is 0 Å². The quantitative estimate of drug-likeness (QED) is 0.268. The molecule has 2 saturated heterocycles. The third-order valence-corrected chi connectivity index (χ3v) is 5.56. The zero-order valence-corrected chi connectivity index (χ0v) is 19.8.